The van der Waals surface area contributed by atoms with E-state index in [0.717, 1.165) is 5.56 Å². The molecule has 0 unspecified atom stereocenters. The Morgan fingerprint density at radius 3 is 3.12 bits per heavy atom. The molecule has 0 atom stereocenters. The second-order valence-corrected chi connectivity index (χ2v) is 3.47. The van der Waals surface area contributed by atoms with Crippen LogP contribution >= 0.6 is 0 Å². The van der Waals surface area contributed by atoms with Gasteiger partial charge in [0.1, 0.15) is 5.76 Å². The molecule has 0 fully saturated rings. The summed E-state index contributed by atoms with van der Waals surface area (Å²) in [6.07, 6.45) is 3.56. The summed E-state index contributed by atoms with van der Waals surface area (Å²) in [5.74, 6) is 0.438. The van der Waals surface area contributed by atoms with Crippen LogP contribution in [0.5, 0.6) is 0 Å². The molecule has 2 heterocycles. The molecule has 0 aliphatic rings. The topological polar surface area (TPSA) is 80.1 Å². The Bertz CT molecular complexity index is 476. The fourth-order valence-corrected chi connectivity index (χ4v) is 1.39. The first-order valence-electron chi connectivity index (χ1n) is 5.15. The van der Waals surface area contributed by atoms with E-state index in [1.807, 2.05) is 6.20 Å². The SMILES string of the molecule is COC(=O)c1ccc(CNCc2cn[nH]c2)o1. The molecule has 0 aliphatic heterocycles. The van der Waals surface area contributed by atoms with Crippen LogP contribution in [0.15, 0.2) is 28.9 Å². The van der Waals surface area contributed by atoms with Gasteiger partial charge in [-0.15, -0.1) is 0 Å². The molecule has 0 radical (unpaired) electrons. The van der Waals surface area contributed by atoms with Crippen LogP contribution in [-0.4, -0.2) is 23.3 Å². The highest BCUT2D eigenvalue weighted by Crippen LogP contribution is 2.08. The number of hydrogen-bond donors (Lipinski definition) is 2. The maximum Gasteiger partial charge on any atom is 0.373 e. The van der Waals surface area contributed by atoms with E-state index in [0.29, 0.717) is 18.8 Å². The third-order valence-corrected chi connectivity index (χ3v) is 2.23. The highest BCUT2D eigenvalue weighted by molar-refractivity contribution is 5.86. The third-order valence-electron chi connectivity index (χ3n) is 2.23. The molecule has 0 amide bonds. The lowest BCUT2D eigenvalue weighted by Gasteiger charge is -1.99. The smallest absolute Gasteiger partial charge is 0.373 e. The molecule has 2 aromatic rings. The van der Waals surface area contributed by atoms with Crippen LogP contribution in [0, 0.1) is 0 Å². The fourth-order valence-electron chi connectivity index (χ4n) is 1.39. The predicted molar refractivity (Wildman–Crippen MR) is 59.2 cm³/mol. The molecule has 0 saturated carbocycles. The van der Waals surface area contributed by atoms with Gasteiger partial charge in [0.2, 0.25) is 5.76 Å². The van der Waals surface area contributed by atoms with Crippen molar-refractivity contribution in [2.75, 3.05) is 7.11 Å². The van der Waals surface area contributed by atoms with Crippen LogP contribution in [0.3, 0.4) is 0 Å². The normalized spacial score (nSPS) is 10.4. The summed E-state index contributed by atoms with van der Waals surface area (Å²) >= 11 is 0. The number of nitrogens with zero attached hydrogens (tertiary/aromatic N) is 1. The molecule has 17 heavy (non-hydrogen) atoms. The highest BCUT2D eigenvalue weighted by atomic mass is 16.5. The molecule has 6 nitrogen and oxygen atoms in total. The van der Waals surface area contributed by atoms with E-state index in [1.54, 1.807) is 18.3 Å². The van der Waals surface area contributed by atoms with Gasteiger partial charge in [-0.05, 0) is 12.1 Å². The van der Waals surface area contributed by atoms with E-state index >= 15 is 0 Å². The Hall–Kier alpha value is -2.08. The zero-order valence-corrected chi connectivity index (χ0v) is 9.40. The number of nitrogens with one attached hydrogen (secondary N) is 2. The molecular weight excluding hydrogens is 222 g/mol. The lowest BCUT2D eigenvalue weighted by molar-refractivity contribution is 0.0563. The van der Waals surface area contributed by atoms with Crippen molar-refractivity contribution in [2.45, 2.75) is 13.1 Å². The highest BCUT2D eigenvalue weighted by Gasteiger charge is 2.10. The molecule has 90 valence electrons. The second-order valence-electron chi connectivity index (χ2n) is 3.47. The molecule has 2 aromatic heterocycles. The van der Waals surface area contributed by atoms with E-state index in [4.69, 9.17) is 4.42 Å². The molecule has 6 heteroatoms. The molecule has 2 rings (SSSR count). The summed E-state index contributed by atoms with van der Waals surface area (Å²) in [6, 6.07) is 3.34. The van der Waals surface area contributed by atoms with Crippen molar-refractivity contribution in [2.24, 2.45) is 0 Å². The van der Waals surface area contributed by atoms with Crippen molar-refractivity contribution in [1.82, 2.24) is 15.5 Å². The Labute approximate surface area is 98.0 Å². The average molecular weight is 235 g/mol. The van der Waals surface area contributed by atoms with Gasteiger partial charge in [-0.2, -0.15) is 5.10 Å². The number of aromatic nitrogens is 2. The number of carbonyl (C=O) groups excluding carboxylic acids is 1. The van der Waals surface area contributed by atoms with Gasteiger partial charge >= 0.3 is 5.97 Å². The number of esters is 1. The van der Waals surface area contributed by atoms with Crippen molar-refractivity contribution in [1.29, 1.82) is 0 Å². The van der Waals surface area contributed by atoms with Crippen LogP contribution < -0.4 is 5.32 Å². The number of aromatic amines is 1. The van der Waals surface area contributed by atoms with Crippen LogP contribution in [0.25, 0.3) is 0 Å². The summed E-state index contributed by atoms with van der Waals surface area (Å²) < 4.78 is 9.84. The monoisotopic (exact) mass is 235 g/mol. The van der Waals surface area contributed by atoms with Crippen LogP contribution in [0.4, 0.5) is 0 Å². The number of methoxy groups -OCH3 is 1. The minimum atomic E-state index is -0.467. The summed E-state index contributed by atoms with van der Waals surface area (Å²) in [5, 5.41) is 9.74. The van der Waals surface area contributed by atoms with E-state index < -0.39 is 5.97 Å². The van der Waals surface area contributed by atoms with Gasteiger partial charge in [-0.3, -0.25) is 5.10 Å². The summed E-state index contributed by atoms with van der Waals surface area (Å²) in [6.45, 7) is 1.23. The molecule has 0 saturated heterocycles. The number of furan rings is 1. The third kappa shape index (κ3) is 2.94. The quantitative estimate of drug-likeness (QED) is 0.758. The maximum absolute atomic E-state index is 11.1. The zero-order valence-electron chi connectivity index (χ0n) is 9.40. The van der Waals surface area contributed by atoms with Crippen molar-refractivity contribution in [3.63, 3.8) is 0 Å². The minimum absolute atomic E-state index is 0.215. The Morgan fingerprint density at radius 2 is 2.41 bits per heavy atom. The van der Waals surface area contributed by atoms with Crippen molar-refractivity contribution in [3.05, 3.63) is 41.6 Å². The average Bonchev–Trinajstić information content (AvgIpc) is 2.99. The summed E-state index contributed by atoms with van der Waals surface area (Å²) in [5.41, 5.74) is 1.06. The minimum Gasteiger partial charge on any atom is -0.463 e. The molecule has 0 aromatic carbocycles. The van der Waals surface area contributed by atoms with E-state index in [2.05, 4.69) is 20.3 Å². The van der Waals surface area contributed by atoms with Crippen LogP contribution in [-0.2, 0) is 17.8 Å². The first-order valence-corrected chi connectivity index (χ1v) is 5.15. The van der Waals surface area contributed by atoms with Crippen LogP contribution in [0.1, 0.15) is 21.9 Å². The van der Waals surface area contributed by atoms with E-state index in [1.165, 1.54) is 7.11 Å². The summed E-state index contributed by atoms with van der Waals surface area (Å²) in [7, 11) is 1.32. The van der Waals surface area contributed by atoms with Gasteiger partial charge in [-0.1, -0.05) is 0 Å². The standard InChI is InChI=1S/C11H13N3O3/c1-16-11(15)10-3-2-9(17-10)7-12-4-8-5-13-14-6-8/h2-3,5-6,12H,4,7H2,1H3,(H,13,14). The lowest BCUT2D eigenvalue weighted by atomic mass is 10.3. The summed E-state index contributed by atoms with van der Waals surface area (Å²) in [4.78, 5) is 11.1. The van der Waals surface area contributed by atoms with E-state index in [9.17, 15) is 4.79 Å². The van der Waals surface area contributed by atoms with E-state index in [-0.39, 0.29) is 5.76 Å². The van der Waals surface area contributed by atoms with Gasteiger partial charge in [0.15, 0.2) is 0 Å². The van der Waals surface area contributed by atoms with Gasteiger partial charge in [-0.25, -0.2) is 4.79 Å². The lowest BCUT2D eigenvalue weighted by Crippen LogP contribution is -2.11. The van der Waals surface area contributed by atoms with Crippen molar-refractivity contribution >= 4 is 5.97 Å². The predicted octanol–water partition coefficient (Wildman–Crippen LogP) is 1.08. The van der Waals surface area contributed by atoms with Crippen molar-refractivity contribution < 1.29 is 13.9 Å². The number of hydrogen-bond acceptors (Lipinski definition) is 5. The Morgan fingerprint density at radius 1 is 1.53 bits per heavy atom. The largest absolute Gasteiger partial charge is 0.463 e. The second kappa shape index (κ2) is 5.31. The van der Waals surface area contributed by atoms with Gasteiger partial charge in [0, 0.05) is 18.3 Å². The number of H-pyrrole nitrogens is 1. The zero-order chi connectivity index (χ0) is 12.1. The molecule has 0 bridgehead atoms. The van der Waals surface area contributed by atoms with Crippen LogP contribution in [0.2, 0.25) is 0 Å². The van der Waals surface area contributed by atoms with Crippen molar-refractivity contribution in [3.8, 4) is 0 Å². The molecule has 0 aliphatic carbocycles. The first-order chi connectivity index (χ1) is 8.29. The number of ether oxygens (including phenoxy) is 1. The Kier molecular flexibility index (Phi) is 3.56. The molecule has 2 N–H and O–H groups in total. The fraction of sp³-hybridized carbons (Fsp3) is 0.273. The van der Waals surface area contributed by atoms with Gasteiger partial charge in [0.05, 0.1) is 19.9 Å². The number of carbonyl (C=O) groups is 1. The first kappa shape index (κ1) is 11.4. The van der Waals surface area contributed by atoms with Gasteiger partial charge in [0.25, 0.3) is 0 Å². The van der Waals surface area contributed by atoms with Gasteiger partial charge < -0.3 is 14.5 Å². The number of rotatable bonds is 5. The Balaban J connectivity index is 1.83. The molecular formula is C11H13N3O3. The maximum atomic E-state index is 11.1. The molecule has 0 spiro atoms.